The van der Waals surface area contributed by atoms with Crippen molar-refractivity contribution in [1.29, 1.82) is 0 Å². The highest BCUT2D eigenvalue weighted by Gasteiger charge is 2.17. The second kappa shape index (κ2) is 8.79. The number of ether oxygens (including phenoxy) is 2. The Bertz CT molecular complexity index is 878. The molecule has 1 aromatic heterocycles. The maximum atomic E-state index is 11.9. The van der Waals surface area contributed by atoms with Crippen molar-refractivity contribution < 1.29 is 27.5 Å². The summed E-state index contributed by atoms with van der Waals surface area (Å²) in [6.07, 6.45) is 0. The van der Waals surface area contributed by atoms with Gasteiger partial charge in [0.1, 0.15) is 16.5 Å². The van der Waals surface area contributed by atoms with E-state index in [0.717, 1.165) is 16.9 Å². The van der Waals surface area contributed by atoms with Crippen LogP contribution in [-0.2, 0) is 24.3 Å². The van der Waals surface area contributed by atoms with Crippen molar-refractivity contribution >= 4 is 38.9 Å². The van der Waals surface area contributed by atoms with E-state index in [4.69, 9.17) is 9.47 Å². The maximum Gasteiger partial charge on any atom is 0.321 e. The molecule has 1 amide bonds. The predicted octanol–water partition coefficient (Wildman–Crippen LogP) is 1.53. The van der Waals surface area contributed by atoms with Crippen LogP contribution < -0.4 is 14.8 Å². The Hall–Kier alpha value is -2.43. The standard InChI is InChI=1S/C16H18N2O6S2/c1-11-5-6-13(23-2)12(8-11)18-14(19)10-24-15(20)9-17-26(21,22)16-4-3-7-25-16/h3-8,17H,9-10H2,1-2H3,(H,18,19). The molecular formula is C16H18N2O6S2. The zero-order valence-corrected chi connectivity index (χ0v) is 15.8. The van der Waals surface area contributed by atoms with Crippen LogP contribution in [0.2, 0.25) is 0 Å². The Morgan fingerprint density at radius 3 is 2.65 bits per heavy atom. The molecule has 0 fully saturated rings. The number of aryl methyl sites for hydroxylation is 1. The van der Waals surface area contributed by atoms with Gasteiger partial charge in [0, 0.05) is 0 Å². The number of carbonyl (C=O) groups is 2. The van der Waals surface area contributed by atoms with Crippen LogP contribution >= 0.6 is 11.3 Å². The summed E-state index contributed by atoms with van der Waals surface area (Å²) < 4.78 is 35.9. The normalized spacial score (nSPS) is 11.0. The van der Waals surface area contributed by atoms with Crippen molar-refractivity contribution in [3.05, 3.63) is 41.3 Å². The van der Waals surface area contributed by atoms with Crippen molar-refractivity contribution in [2.45, 2.75) is 11.1 Å². The van der Waals surface area contributed by atoms with Gasteiger partial charge in [0.25, 0.3) is 15.9 Å². The zero-order chi connectivity index (χ0) is 19.2. The molecule has 0 atom stereocenters. The number of methoxy groups -OCH3 is 1. The molecule has 8 nitrogen and oxygen atoms in total. The Balaban J connectivity index is 1.82. The number of amides is 1. The third-order valence-corrected chi connectivity index (χ3v) is 5.96. The highest BCUT2D eigenvalue weighted by Crippen LogP contribution is 2.25. The summed E-state index contributed by atoms with van der Waals surface area (Å²) in [5.41, 5.74) is 1.37. The summed E-state index contributed by atoms with van der Waals surface area (Å²) >= 11 is 1.03. The SMILES string of the molecule is COc1ccc(C)cc1NC(=O)COC(=O)CNS(=O)(=O)c1cccs1. The second-order valence-corrected chi connectivity index (χ2v) is 8.11. The van der Waals surface area contributed by atoms with Crippen molar-refractivity contribution in [2.75, 3.05) is 25.6 Å². The third-order valence-electron chi connectivity index (χ3n) is 3.16. The summed E-state index contributed by atoms with van der Waals surface area (Å²) in [7, 11) is -2.29. The molecule has 0 aliphatic rings. The van der Waals surface area contributed by atoms with E-state index in [1.807, 2.05) is 13.0 Å². The number of nitrogens with one attached hydrogen (secondary N) is 2. The van der Waals surface area contributed by atoms with Gasteiger partial charge in [-0.25, -0.2) is 8.42 Å². The summed E-state index contributed by atoms with van der Waals surface area (Å²) in [5, 5.41) is 4.18. The summed E-state index contributed by atoms with van der Waals surface area (Å²) in [4.78, 5) is 23.5. The number of esters is 1. The van der Waals surface area contributed by atoms with E-state index in [2.05, 4.69) is 10.0 Å². The molecule has 1 heterocycles. The molecule has 0 radical (unpaired) electrons. The Morgan fingerprint density at radius 2 is 2.00 bits per heavy atom. The van der Waals surface area contributed by atoms with E-state index < -0.39 is 35.1 Å². The van der Waals surface area contributed by atoms with Gasteiger partial charge in [-0.15, -0.1) is 11.3 Å². The molecular weight excluding hydrogens is 380 g/mol. The molecule has 0 aliphatic heterocycles. The Kier molecular flexibility index (Phi) is 6.72. The van der Waals surface area contributed by atoms with Crippen molar-refractivity contribution in [1.82, 2.24) is 4.72 Å². The number of anilines is 1. The van der Waals surface area contributed by atoms with Crippen LogP contribution in [-0.4, -0.2) is 40.6 Å². The van der Waals surface area contributed by atoms with E-state index in [1.165, 1.54) is 13.2 Å². The van der Waals surface area contributed by atoms with Crippen LogP contribution in [0.3, 0.4) is 0 Å². The molecule has 2 aromatic rings. The fraction of sp³-hybridized carbons (Fsp3) is 0.250. The van der Waals surface area contributed by atoms with E-state index in [-0.39, 0.29) is 4.21 Å². The number of rotatable bonds is 8. The number of carbonyl (C=O) groups excluding carboxylic acids is 2. The van der Waals surface area contributed by atoms with Crippen LogP contribution in [0.25, 0.3) is 0 Å². The summed E-state index contributed by atoms with van der Waals surface area (Å²) in [6.45, 7) is 0.743. The van der Waals surface area contributed by atoms with Gasteiger partial charge in [-0.3, -0.25) is 9.59 Å². The molecule has 140 valence electrons. The largest absolute Gasteiger partial charge is 0.495 e. The first-order valence-electron chi connectivity index (χ1n) is 7.45. The lowest BCUT2D eigenvalue weighted by Gasteiger charge is -2.11. The lowest BCUT2D eigenvalue weighted by atomic mass is 10.2. The van der Waals surface area contributed by atoms with Crippen LogP contribution in [0.5, 0.6) is 5.75 Å². The van der Waals surface area contributed by atoms with Gasteiger partial charge in [-0.2, -0.15) is 4.72 Å². The monoisotopic (exact) mass is 398 g/mol. The molecule has 2 N–H and O–H groups in total. The Morgan fingerprint density at radius 1 is 1.23 bits per heavy atom. The molecule has 0 spiro atoms. The van der Waals surface area contributed by atoms with Gasteiger partial charge in [0.2, 0.25) is 0 Å². The molecule has 26 heavy (non-hydrogen) atoms. The van der Waals surface area contributed by atoms with Crippen molar-refractivity contribution in [2.24, 2.45) is 0 Å². The first kappa shape index (κ1) is 19.9. The zero-order valence-electron chi connectivity index (χ0n) is 14.1. The van der Waals surface area contributed by atoms with Gasteiger partial charge in [0.15, 0.2) is 6.61 Å². The molecule has 0 bridgehead atoms. The first-order chi connectivity index (χ1) is 12.3. The number of benzene rings is 1. The summed E-state index contributed by atoms with van der Waals surface area (Å²) in [5.74, 6) is -0.959. The first-order valence-corrected chi connectivity index (χ1v) is 9.81. The fourth-order valence-corrected chi connectivity index (χ4v) is 3.95. The summed E-state index contributed by atoms with van der Waals surface area (Å²) in [6, 6.07) is 8.25. The topological polar surface area (TPSA) is 111 Å². The highest BCUT2D eigenvalue weighted by molar-refractivity contribution is 7.91. The van der Waals surface area contributed by atoms with Gasteiger partial charge in [0.05, 0.1) is 12.8 Å². The molecule has 0 saturated carbocycles. The van der Waals surface area contributed by atoms with Crippen molar-refractivity contribution in [3.8, 4) is 5.75 Å². The number of hydrogen-bond acceptors (Lipinski definition) is 7. The molecule has 0 aliphatic carbocycles. The number of hydrogen-bond donors (Lipinski definition) is 2. The number of sulfonamides is 1. The highest BCUT2D eigenvalue weighted by atomic mass is 32.2. The molecule has 2 rings (SSSR count). The minimum Gasteiger partial charge on any atom is -0.495 e. The van der Waals surface area contributed by atoms with Crippen LogP contribution in [0.1, 0.15) is 5.56 Å². The minimum atomic E-state index is -3.76. The molecule has 0 unspecified atom stereocenters. The predicted molar refractivity (Wildman–Crippen MR) is 96.8 cm³/mol. The van der Waals surface area contributed by atoms with Gasteiger partial charge < -0.3 is 14.8 Å². The third kappa shape index (κ3) is 5.55. The Labute approximate surface area is 155 Å². The van der Waals surface area contributed by atoms with E-state index in [0.29, 0.717) is 11.4 Å². The molecule has 10 heteroatoms. The van der Waals surface area contributed by atoms with Crippen LogP contribution in [0.15, 0.2) is 39.9 Å². The van der Waals surface area contributed by atoms with E-state index in [1.54, 1.807) is 23.6 Å². The van der Waals surface area contributed by atoms with Crippen LogP contribution in [0, 0.1) is 6.92 Å². The van der Waals surface area contributed by atoms with E-state index in [9.17, 15) is 18.0 Å². The second-order valence-electron chi connectivity index (χ2n) is 5.17. The van der Waals surface area contributed by atoms with Gasteiger partial charge in [-0.1, -0.05) is 12.1 Å². The molecule has 0 saturated heterocycles. The van der Waals surface area contributed by atoms with Crippen molar-refractivity contribution in [3.63, 3.8) is 0 Å². The number of thiophene rings is 1. The maximum absolute atomic E-state index is 11.9. The molecule has 1 aromatic carbocycles. The minimum absolute atomic E-state index is 0.0922. The smallest absolute Gasteiger partial charge is 0.321 e. The van der Waals surface area contributed by atoms with Gasteiger partial charge >= 0.3 is 5.97 Å². The quantitative estimate of drug-likeness (QED) is 0.653. The van der Waals surface area contributed by atoms with Crippen LogP contribution in [0.4, 0.5) is 5.69 Å². The van der Waals surface area contributed by atoms with Gasteiger partial charge in [-0.05, 0) is 36.1 Å². The average molecular weight is 398 g/mol. The fourth-order valence-electron chi connectivity index (χ4n) is 1.94. The lowest BCUT2D eigenvalue weighted by Crippen LogP contribution is -2.32. The van der Waals surface area contributed by atoms with E-state index >= 15 is 0 Å². The average Bonchev–Trinajstić information content (AvgIpc) is 3.14. The lowest BCUT2D eigenvalue weighted by molar-refractivity contribution is -0.146.